The molecule has 1 saturated carbocycles. The van der Waals surface area contributed by atoms with E-state index in [-0.39, 0.29) is 59.5 Å². The Hall–Kier alpha value is -2.10. The molecule has 0 aromatic heterocycles. The first-order valence-electron chi connectivity index (χ1n) is 11.7. The first kappa shape index (κ1) is 25.5. The number of nitrogens with zero attached hydrogens (tertiary/aromatic N) is 2. The molecule has 3 aliphatic rings. The van der Waals surface area contributed by atoms with Gasteiger partial charge in [-0.15, -0.1) is 24.0 Å². The van der Waals surface area contributed by atoms with Crippen molar-refractivity contribution < 1.29 is 14.3 Å². The Bertz CT molecular complexity index is 856. The molecule has 2 aliphatic carbocycles. The number of hydrogen-bond donors (Lipinski definition) is 2. The zero-order valence-corrected chi connectivity index (χ0v) is 21.8. The lowest BCUT2D eigenvalue weighted by atomic mass is 9.85. The third kappa shape index (κ3) is 5.70. The Labute approximate surface area is 213 Å². The molecule has 4 atom stereocenters. The fraction of sp³-hybridized carbons (Fsp3) is 0.560. The smallest absolute Gasteiger partial charge is 0.233 e. The number of unbranched alkanes of at least 4 members (excludes halogenated alkanes) is 1. The van der Waals surface area contributed by atoms with Crippen LogP contribution in [0.1, 0.15) is 31.2 Å². The molecule has 1 heterocycles. The number of aryl methyl sites for hydroxylation is 1. The molecular weight excluding hydrogens is 531 g/mol. The molecule has 0 radical (unpaired) electrons. The van der Waals surface area contributed by atoms with Crippen LogP contribution in [0.4, 0.5) is 0 Å². The fourth-order valence-electron chi connectivity index (χ4n) is 5.30. The highest BCUT2D eigenvalue weighted by atomic mass is 127. The Morgan fingerprint density at radius 3 is 2.18 bits per heavy atom. The third-order valence-electron chi connectivity index (χ3n) is 6.98. The Kier molecular flexibility index (Phi) is 9.17. The molecule has 4 rings (SSSR count). The van der Waals surface area contributed by atoms with Crippen LogP contribution in [0.15, 0.2) is 41.4 Å². The first-order chi connectivity index (χ1) is 15.6. The quantitative estimate of drug-likeness (QED) is 0.114. The number of nitrogens with one attached hydrogen (secondary N) is 2. The average Bonchev–Trinajstić information content (AvgIpc) is 3.50. The number of fused-ring (bicyclic) bond motifs is 5. The molecule has 33 heavy (non-hydrogen) atoms. The zero-order chi connectivity index (χ0) is 22.5. The summed E-state index contributed by atoms with van der Waals surface area (Å²) < 4.78 is 5.19. The summed E-state index contributed by atoms with van der Waals surface area (Å²) in [5.41, 5.74) is 1.31. The minimum absolute atomic E-state index is 0. The largest absolute Gasteiger partial charge is 0.497 e. The molecule has 8 heteroatoms. The van der Waals surface area contributed by atoms with Crippen molar-refractivity contribution >= 4 is 41.8 Å². The van der Waals surface area contributed by atoms with Crippen LogP contribution < -0.4 is 15.4 Å². The maximum atomic E-state index is 12.7. The molecule has 2 N–H and O–H groups in total. The molecule has 1 aromatic rings. The number of aliphatic imine (C=N–C) groups is 1. The summed E-state index contributed by atoms with van der Waals surface area (Å²) >= 11 is 0. The molecule has 0 spiro atoms. The number of amides is 2. The molecule has 2 bridgehead atoms. The predicted octanol–water partition coefficient (Wildman–Crippen LogP) is 3.00. The van der Waals surface area contributed by atoms with Crippen LogP contribution in [0, 0.1) is 23.7 Å². The van der Waals surface area contributed by atoms with Crippen LogP contribution in [-0.2, 0) is 16.0 Å². The number of ether oxygens (including phenoxy) is 1. The zero-order valence-electron chi connectivity index (χ0n) is 19.5. The molecule has 2 fully saturated rings. The topological polar surface area (TPSA) is 83.0 Å². The predicted molar refractivity (Wildman–Crippen MR) is 140 cm³/mol. The normalized spacial score (nSPS) is 25.3. The number of halogens is 1. The van der Waals surface area contributed by atoms with E-state index in [9.17, 15) is 9.59 Å². The SMILES string of the molecule is CN=C(NCCCCc1ccc(OC)cc1)NCCCN1C(=O)C2C3C=CC(C3)C2C1=O.I. The van der Waals surface area contributed by atoms with Crippen LogP contribution in [-0.4, -0.2) is 56.5 Å². The van der Waals surface area contributed by atoms with Gasteiger partial charge in [0.1, 0.15) is 5.75 Å². The van der Waals surface area contributed by atoms with Gasteiger partial charge in [0.15, 0.2) is 5.96 Å². The number of rotatable bonds is 10. The Morgan fingerprint density at radius 1 is 1.00 bits per heavy atom. The second-order valence-corrected chi connectivity index (χ2v) is 8.91. The van der Waals surface area contributed by atoms with Crippen molar-refractivity contribution in [2.75, 3.05) is 33.8 Å². The Morgan fingerprint density at radius 2 is 1.61 bits per heavy atom. The summed E-state index contributed by atoms with van der Waals surface area (Å²) in [5.74, 6) is 2.07. The van der Waals surface area contributed by atoms with Crippen molar-refractivity contribution in [3.05, 3.63) is 42.0 Å². The molecule has 4 unspecified atom stereocenters. The van der Waals surface area contributed by atoms with E-state index in [0.29, 0.717) is 13.1 Å². The number of likely N-dealkylation sites (tertiary alicyclic amines) is 1. The van der Waals surface area contributed by atoms with Crippen molar-refractivity contribution in [3.63, 3.8) is 0 Å². The first-order valence-corrected chi connectivity index (χ1v) is 11.7. The van der Waals surface area contributed by atoms with E-state index >= 15 is 0 Å². The summed E-state index contributed by atoms with van der Waals surface area (Å²) in [5, 5.41) is 6.62. The molecule has 2 amide bonds. The highest BCUT2D eigenvalue weighted by Crippen LogP contribution is 2.52. The molecule has 1 aromatic carbocycles. The van der Waals surface area contributed by atoms with Gasteiger partial charge in [-0.1, -0.05) is 24.3 Å². The van der Waals surface area contributed by atoms with Crippen LogP contribution in [0.5, 0.6) is 5.75 Å². The molecule has 1 aliphatic heterocycles. The number of methoxy groups -OCH3 is 1. The molecule has 1 saturated heterocycles. The number of carbonyl (C=O) groups is 2. The minimum atomic E-state index is -0.0993. The van der Waals surface area contributed by atoms with Gasteiger partial charge in [0.25, 0.3) is 0 Å². The standard InChI is InChI=1S/C25H34N4O3.HI/c1-26-25(27-13-4-3-6-17-7-11-20(32-2)12-8-17)28-14-5-15-29-23(30)21-18-9-10-19(16-18)22(21)24(29)31;/h7-12,18-19,21-22H,3-6,13-16H2,1-2H3,(H2,26,27,28);1H. The van der Waals surface area contributed by atoms with Crippen molar-refractivity contribution in [3.8, 4) is 5.75 Å². The number of carbonyl (C=O) groups excluding carboxylic acids is 2. The number of benzene rings is 1. The van der Waals surface area contributed by atoms with E-state index in [1.807, 2.05) is 12.1 Å². The van der Waals surface area contributed by atoms with Crippen LogP contribution in [0.25, 0.3) is 0 Å². The minimum Gasteiger partial charge on any atom is -0.497 e. The number of hydrogen-bond acceptors (Lipinski definition) is 4. The van der Waals surface area contributed by atoms with Gasteiger partial charge in [-0.2, -0.15) is 0 Å². The maximum Gasteiger partial charge on any atom is 0.233 e. The summed E-state index contributed by atoms with van der Waals surface area (Å²) in [6.07, 6.45) is 9.14. The number of allylic oxidation sites excluding steroid dienone is 2. The van der Waals surface area contributed by atoms with E-state index in [1.54, 1.807) is 14.2 Å². The monoisotopic (exact) mass is 566 g/mol. The van der Waals surface area contributed by atoms with E-state index < -0.39 is 0 Å². The summed E-state index contributed by atoms with van der Waals surface area (Å²) in [6.45, 7) is 2.00. The van der Waals surface area contributed by atoms with Crippen LogP contribution in [0.3, 0.4) is 0 Å². The highest BCUT2D eigenvalue weighted by Gasteiger charge is 2.58. The van der Waals surface area contributed by atoms with Gasteiger partial charge in [-0.25, -0.2) is 0 Å². The van der Waals surface area contributed by atoms with Crippen LogP contribution >= 0.6 is 24.0 Å². The van der Waals surface area contributed by atoms with Gasteiger partial charge in [0.05, 0.1) is 18.9 Å². The Balaban J connectivity index is 0.00000306. The highest BCUT2D eigenvalue weighted by molar-refractivity contribution is 14.0. The van der Waals surface area contributed by atoms with E-state index in [2.05, 4.69) is 39.9 Å². The van der Waals surface area contributed by atoms with Gasteiger partial charge in [-0.05, 0) is 61.6 Å². The maximum absolute atomic E-state index is 12.7. The molecule has 180 valence electrons. The van der Waals surface area contributed by atoms with Gasteiger partial charge in [0.2, 0.25) is 11.8 Å². The van der Waals surface area contributed by atoms with E-state index in [4.69, 9.17) is 4.74 Å². The average molecular weight is 566 g/mol. The lowest BCUT2D eigenvalue weighted by molar-refractivity contribution is -0.140. The summed E-state index contributed by atoms with van der Waals surface area (Å²) in [7, 11) is 3.43. The second-order valence-electron chi connectivity index (χ2n) is 8.91. The molecule has 7 nitrogen and oxygen atoms in total. The lowest BCUT2D eigenvalue weighted by Gasteiger charge is -2.18. The van der Waals surface area contributed by atoms with Crippen molar-refractivity contribution in [1.82, 2.24) is 15.5 Å². The fourth-order valence-corrected chi connectivity index (χ4v) is 5.30. The van der Waals surface area contributed by atoms with Crippen molar-refractivity contribution in [2.45, 2.75) is 32.1 Å². The van der Waals surface area contributed by atoms with E-state index in [0.717, 1.165) is 50.4 Å². The number of imide groups is 1. The second kappa shape index (κ2) is 11.9. The number of guanidine groups is 1. The summed E-state index contributed by atoms with van der Waals surface area (Å²) in [6, 6.07) is 8.21. The summed E-state index contributed by atoms with van der Waals surface area (Å²) in [4.78, 5) is 31.2. The van der Waals surface area contributed by atoms with Crippen LogP contribution in [0.2, 0.25) is 0 Å². The van der Waals surface area contributed by atoms with Gasteiger partial charge in [-0.3, -0.25) is 19.5 Å². The van der Waals surface area contributed by atoms with Gasteiger partial charge >= 0.3 is 0 Å². The third-order valence-corrected chi connectivity index (χ3v) is 6.98. The van der Waals surface area contributed by atoms with Crippen molar-refractivity contribution in [2.24, 2.45) is 28.7 Å². The van der Waals surface area contributed by atoms with E-state index in [1.165, 1.54) is 10.5 Å². The lowest BCUT2D eigenvalue weighted by Crippen LogP contribution is -2.40. The van der Waals surface area contributed by atoms with Gasteiger partial charge in [0, 0.05) is 26.7 Å². The molecular formula is C25H35IN4O3. The van der Waals surface area contributed by atoms with Crippen molar-refractivity contribution in [1.29, 1.82) is 0 Å². The van der Waals surface area contributed by atoms with Gasteiger partial charge < -0.3 is 15.4 Å².